The van der Waals surface area contributed by atoms with Gasteiger partial charge in [-0.1, -0.05) is 31.2 Å². The van der Waals surface area contributed by atoms with Crippen molar-refractivity contribution in [3.63, 3.8) is 0 Å². The lowest BCUT2D eigenvalue weighted by Crippen LogP contribution is -2.54. The molecular formula is C43H53FN8O8. The molecule has 2 saturated heterocycles. The quantitative estimate of drug-likeness (QED) is 0.132. The maximum absolute atomic E-state index is 15.9. The van der Waals surface area contributed by atoms with E-state index in [1.165, 1.54) is 34.5 Å². The summed E-state index contributed by atoms with van der Waals surface area (Å²) in [5.41, 5.74) is 6.32. The zero-order valence-electron chi connectivity index (χ0n) is 34.8. The second kappa shape index (κ2) is 18.2. The van der Waals surface area contributed by atoms with Crippen molar-refractivity contribution in [2.45, 2.75) is 95.2 Å². The van der Waals surface area contributed by atoms with Gasteiger partial charge in [-0.05, 0) is 80.7 Å². The van der Waals surface area contributed by atoms with Crippen molar-refractivity contribution in [3.05, 3.63) is 71.3 Å². The highest BCUT2D eigenvalue weighted by molar-refractivity contribution is 5.88. The largest absolute Gasteiger partial charge is 0.453 e. The van der Waals surface area contributed by atoms with Gasteiger partial charge in [-0.15, -0.1) is 0 Å². The molecule has 2 fully saturated rings. The number of benzene rings is 2. The Morgan fingerprint density at radius 3 is 2.05 bits per heavy atom. The molecule has 1 aliphatic carbocycles. The van der Waals surface area contributed by atoms with Gasteiger partial charge in [0.1, 0.15) is 29.5 Å². The number of hydrogen-bond acceptors (Lipinski definition) is 10. The minimum atomic E-state index is -0.960. The molecule has 4 heterocycles. The molecule has 0 radical (unpaired) electrons. The van der Waals surface area contributed by atoms with Crippen LogP contribution in [0.15, 0.2) is 42.6 Å². The Kier molecular flexibility index (Phi) is 12.8. The number of alkyl carbamates (subject to hydrolysis) is 2. The molecule has 2 aromatic heterocycles. The first kappa shape index (κ1) is 42.3. The van der Waals surface area contributed by atoms with E-state index in [0.29, 0.717) is 54.4 Å². The van der Waals surface area contributed by atoms with Crippen LogP contribution in [0.5, 0.6) is 0 Å². The number of halogens is 1. The van der Waals surface area contributed by atoms with Crippen LogP contribution in [0.3, 0.4) is 0 Å². The number of nitrogens with zero attached hydrogens (tertiary/aromatic N) is 4. The third kappa shape index (κ3) is 8.32. The second-order valence-electron chi connectivity index (χ2n) is 15.4. The fourth-order valence-electron chi connectivity index (χ4n) is 8.74. The van der Waals surface area contributed by atoms with Crippen LogP contribution < -0.4 is 10.6 Å². The van der Waals surface area contributed by atoms with Crippen molar-refractivity contribution in [1.29, 1.82) is 0 Å². The van der Waals surface area contributed by atoms with Crippen LogP contribution in [0.1, 0.15) is 80.9 Å². The van der Waals surface area contributed by atoms with E-state index < -0.39 is 48.3 Å². The number of ether oxygens (including phenoxy) is 4. The highest BCUT2D eigenvalue weighted by Gasteiger charge is 2.41. The first-order chi connectivity index (χ1) is 29.0. The van der Waals surface area contributed by atoms with E-state index in [9.17, 15) is 19.2 Å². The van der Waals surface area contributed by atoms with Crippen LogP contribution in [0.2, 0.25) is 0 Å². The average molecular weight is 829 g/mol. The lowest BCUT2D eigenvalue weighted by Gasteiger charge is -2.31. The molecule has 0 bridgehead atoms. The topological polar surface area (TPSA) is 193 Å². The van der Waals surface area contributed by atoms with Gasteiger partial charge < -0.3 is 49.3 Å². The van der Waals surface area contributed by atoms with Crippen molar-refractivity contribution in [2.24, 2.45) is 0 Å². The van der Waals surface area contributed by atoms with E-state index >= 15 is 4.39 Å². The monoisotopic (exact) mass is 828 g/mol. The predicted molar refractivity (Wildman–Crippen MR) is 218 cm³/mol. The number of H-pyrrole nitrogens is 2. The number of aryl methyl sites for hydroxylation is 2. The summed E-state index contributed by atoms with van der Waals surface area (Å²) in [6.45, 7) is 4.59. The van der Waals surface area contributed by atoms with E-state index in [4.69, 9.17) is 23.9 Å². The zero-order valence-corrected chi connectivity index (χ0v) is 34.8. The van der Waals surface area contributed by atoms with Gasteiger partial charge in [0.2, 0.25) is 11.8 Å². The number of hydrogen-bond donors (Lipinski definition) is 4. The lowest BCUT2D eigenvalue weighted by atomic mass is 9.89. The molecule has 6 atom stereocenters. The molecule has 4 amide bonds. The Bertz CT molecular complexity index is 2220. The molecule has 2 aliphatic heterocycles. The van der Waals surface area contributed by atoms with E-state index in [0.717, 1.165) is 60.2 Å². The minimum Gasteiger partial charge on any atom is -0.453 e. The minimum absolute atomic E-state index is 0.243. The van der Waals surface area contributed by atoms with Crippen LogP contribution >= 0.6 is 0 Å². The van der Waals surface area contributed by atoms with Crippen LogP contribution in [0.25, 0.3) is 33.6 Å². The maximum Gasteiger partial charge on any atom is 0.407 e. The van der Waals surface area contributed by atoms with E-state index in [2.05, 4.69) is 31.7 Å². The molecule has 2 aromatic carbocycles. The number of amides is 4. The van der Waals surface area contributed by atoms with Crippen molar-refractivity contribution in [2.75, 3.05) is 41.5 Å². The van der Waals surface area contributed by atoms with E-state index in [1.807, 2.05) is 25.1 Å². The summed E-state index contributed by atoms with van der Waals surface area (Å²) in [7, 11) is 5.48. The van der Waals surface area contributed by atoms with Crippen LogP contribution in [0.4, 0.5) is 14.0 Å². The third-order valence-corrected chi connectivity index (χ3v) is 12.1. The highest BCUT2D eigenvalue weighted by atomic mass is 19.1. The Balaban J connectivity index is 1.07. The Hall–Kier alpha value is -5.81. The summed E-state index contributed by atoms with van der Waals surface area (Å²) >= 11 is 0. The van der Waals surface area contributed by atoms with Gasteiger partial charge in [0.15, 0.2) is 0 Å². The van der Waals surface area contributed by atoms with Gasteiger partial charge >= 0.3 is 12.2 Å². The fourth-order valence-corrected chi connectivity index (χ4v) is 8.74. The summed E-state index contributed by atoms with van der Waals surface area (Å²) in [6.07, 6.45) is 3.91. The first-order valence-corrected chi connectivity index (χ1v) is 20.4. The third-order valence-electron chi connectivity index (χ3n) is 12.1. The predicted octanol–water partition coefficient (Wildman–Crippen LogP) is 5.61. The number of aromatic amines is 2. The number of aromatic nitrogens is 4. The fraction of sp³-hybridized carbons (Fsp3) is 0.488. The molecule has 4 aromatic rings. The number of carbonyl (C=O) groups excluding carboxylic acids is 4. The molecule has 16 nitrogen and oxygen atoms in total. The molecule has 0 unspecified atom stereocenters. The smallest absolute Gasteiger partial charge is 0.407 e. The standard InChI is InChI=1S/C43H53FN8O8/c1-7-34(58-4)37(50-43(56)60-6)41(54)52-19-9-11-33(52)39-46-30-17-14-26-20-24(12-15-27(26)36(30)48-39)25-13-16-28(29(44)21-25)31-22-45-38(47-31)32-10-8-18-51(32)40(53)35(23(2)57-3)49-42(55)59-5/h12-13,15-16,20-23,32-35,37H,7-11,14,17-19H2,1-6H3,(H,45,47)(H,46,48)(H,49,55)(H,50,56)/t23-,32-,33-,34+,35-,37-/m0/s1. The molecule has 0 spiro atoms. The van der Waals surface area contributed by atoms with Crippen molar-refractivity contribution < 1.29 is 42.5 Å². The molecule has 17 heteroatoms. The van der Waals surface area contributed by atoms with Crippen molar-refractivity contribution in [1.82, 2.24) is 40.4 Å². The zero-order chi connectivity index (χ0) is 42.7. The normalized spacial score (nSPS) is 19.2. The Morgan fingerprint density at radius 1 is 0.817 bits per heavy atom. The van der Waals surface area contributed by atoms with Crippen LogP contribution in [0, 0.1) is 5.82 Å². The molecule has 4 N–H and O–H groups in total. The number of likely N-dealkylation sites (tertiary alicyclic amines) is 2. The molecular weight excluding hydrogens is 776 g/mol. The Labute approximate surface area is 347 Å². The number of nitrogens with one attached hydrogen (secondary N) is 4. The molecule has 320 valence electrons. The number of fused-ring (bicyclic) bond motifs is 3. The lowest BCUT2D eigenvalue weighted by molar-refractivity contribution is -0.138. The summed E-state index contributed by atoms with van der Waals surface area (Å²) < 4.78 is 36.4. The van der Waals surface area contributed by atoms with Crippen LogP contribution in [-0.2, 0) is 41.4 Å². The summed E-state index contributed by atoms with van der Waals surface area (Å²) in [5, 5.41) is 5.26. The van der Waals surface area contributed by atoms with Gasteiger partial charge in [-0.3, -0.25) is 9.59 Å². The van der Waals surface area contributed by atoms with Gasteiger partial charge in [-0.25, -0.2) is 23.9 Å². The Morgan fingerprint density at radius 2 is 1.43 bits per heavy atom. The number of methoxy groups -OCH3 is 4. The summed E-state index contributed by atoms with van der Waals surface area (Å²) in [6, 6.07) is 8.64. The second-order valence-corrected chi connectivity index (χ2v) is 15.4. The van der Waals surface area contributed by atoms with Gasteiger partial charge in [0, 0.05) is 44.1 Å². The highest BCUT2D eigenvalue weighted by Crippen LogP contribution is 2.39. The molecule has 3 aliphatic rings. The van der Waals surface area contributed by atoms with E-state index in [-0.39, 0.29) is 17.9 Å². The maximum atomic E-state index is 15.9. The van der Waals surface area contributed by atoms with Gasteiger partial charge in [0.25, 0.3) is 0 Å². The summed E-state index contributed by atoms with van der Waals surface area (Å²) in [5.74, 6) is 0.246. The summed E-state index contributed by atoms with van der Waals surface area (Å²) in [4.78, 5) is 71.6. The van der Waals surface area contributed by atoms with Crippen LogP contribution in [-0.4, -0.2) is 120 Å². The molecule has 7 rings (SSSR count). The van der Waals surface area contributed by atoms with E-state index in [1.54, 1.807) is 29.0 Å². The molecule has 0 saturated carbocycles. The van der Waals surface area contributed by atoms with Gasteiger partial charge in [-0.2, -0.15) is 0 Å². The molecule has 60 heavy (non-hydrogen) atoms. The average Bonchev–Trinajstić information content (AvgIpc) is 4.11. The number of rotatable bonds is 13. The van der Waals surface area contributed by atoms with Gasteiger partial charge in [0.05, 0.1) is 56.1 Å². The van der Waals surface area contributed by atoms with Crippen molar-refractivity contribution >= 4 is 24.0 Å². The van der Waals surface area contributed by atoms with Crippen molar-refractivity contribution in [3.8, 4) is 33.6 Å². The SMILES string of the molecule is CC[C@@H](OC)[C@H](NC(=O)OC)C(=O)N1CCC[C@H]1c1nc2c([nH]1)CCc1cc(-c3ccc(-c4cnc([C@@H]5CCCN5C(=O)[C@@H](NC(=O)OC)[C@H](C)OC)[nH]4)c(F)c3)ccc1-2. The first-order valence-electron chi connectivity index (χ1n) is 20.4. The number of imidazole rings is 2. The number of carbonyl (C=O) groups is 4.